The van der Waals surface area contributed by atoms with Gasteiger partial charge in [-0.05, 0) is 12.5 Å². The molecule has 0 radical (unpaired) electrons. The number of fused-ring (bicyclic) bond motifs is 2. The summed E-state index contributed by atoms with van der Waals surface area (Å²) in [6.45, 7) is 0.971. The molecule has 1 amide bonds. The van der Waals surface area contributed by atoms with E-state index in [-0.39, 0.29) is 30.9 Å². The third-order valence-electron chi connectivity index (χ3n) is 4.72. The van der Waals surface area contributed by atoms with Gasteiger partial charge in [-0.2, -0.15) is 0 Å². The van der Waals surface area contributed by atoms with Gasteiger partial charge < -0.3 is 9.64 Å². The second-order valence-electron chi connectivity index (χ2n) is 5.98. The molecule has 0 bridgehead atoms. The summed E-state index contributed by atoms with van der Waals surface area (Å²) in [7, 11) is -3.18. The Bertz CT molecular complexity index is 858. The monoisotopic (exact) mass is 351 g/mol. The lowest BCUT2D eigenvalue weighted by atomic mass is 10.0. The van der Waals surface area contributed by atoms with Gasteiger partial charge in [-0.1, -0.05) is 18.2 Å². The Hall–Kier alpha value is -1.44. The Morgan fingerprint density at radius 2 is 2.13 bits per heavy atom. The number of carbonyl (C=O) groups excluding carboxylic acids is 1. The standard InChI is InChI=1S/C16H17NO4S2/c18-16(12-10-22-14-4-2-1-3-11(12)14)17-6-8-23(19,20)15-9-21-7-5-13(15)17/h1-4,10,13,15H,5-9H2. The zero-order valence-corrected chi connectivity index (χ0v) is 14.1. The van der Waals surface area contributed by atoms with E-state index in [0.29, 0.717) is 18.6 Å². The molecule has 2 unspecified atom stereocenters. The van der Waals surface area contributed by atoms with Crippen LogP contribution in [0.25, 0.3) is 10.1 Å². The van der Waals surface area contributed by atoms with E-state index in [0.717, 1.165) is 10.1 Å². The number of sulfone groups is 1. The average molecular weight is 351 g/mol. The van der Waals surface area contributed by atoms with Gasteiger partial charge in [-0.25, -0.2) is 8.42 Å². The first kappa shape index (κ1) is 15.1. The fraction of sp³-hybridized carbons (Fsp3) is 0.438. The molecule has 3 heterocycles. The summed E-state index contributed by atoms with van der Waals surface area (Å²) < 4.78 is 31.0. The maximum atomic E-state index is 13.0. The normalized spacial score (nSPS) is 26.9. The van der Waals surface area contributed by atoms with Crippen LogP contribution in [-0.2, 0) is 14.6 Å². The van der Waals surface area contributed by atoms with Gasteiger partial charge in [-0.3, -0.25) is 4.79 Å². The van der Waals surface area contributed by atoms with Crippen molar-refractivity contribution < 1.29 is 17.9 Å². The first-order valence-corrected chi connectivity index (χ1v) is 10.2. The van der Waals surface area contributed by atoms with Crippen molar-refractivity contribution in [3.05, 3.63) is 35.2 Å². The Morgan fingerprint density at radius 1 is 1.30 bits per heavy atom. The molecular formula is C16H17NO4S2. The van der Waals surface area contributed by atoms with Crippen LogP contribution in [0.15, 0.2) is 29.6 Å². The quantitative estimate of drug-likeness (QED) is 0.788. The van der Waals surface area contributed by atoms with E-state index in [1.54, 1.807) is 16.2 Å². The summed E-state index contributed by atoms with van der Waals surface area (Å²) in [5.74, 6) is -0.0417. The van der Waals surface area contributed by atoms with Crippen molar-refractivity contribution in [3.63, 3.8) is 0 Å². The molecule has 2 atom stereocenters. The summed E-state index contributed by atoms with van der Waals surface area (Å²) in [6.07, 6.45) is 0.581. The molecule has 2 aliphatic rings. The molecule has 122 valence electrons. The van der Waals surface area contributed by atoms with E-state index in [9.17, 15) is 13.2 Å². The maximum absolute atomic E-state index is 13.0. The average Bonchev–Trinajstić information content (AvgIpc) is 2.99. The van der Waals surface area contributed by atoms with Gasteiger partial charge in [0.25, 0.3) is 5.91 Å². The van der Waals surface area contributed by atoms with Gasteiger partial charge >= 0.3 is 0 Å². The molecule has 1 aromatic heterocycles. The highest BCUT2D eigenvalue weighted by atomic mass is 32.2. The summed E-state index contributed by atoms with van der Waals surface area (Å²) >= 11 is 1.54. The van der Waals surface area contributed by atoms with Gasteiger partial charge in [-0.15, -0.1) is 11.3 Å². The SMILES string of the molecule is O=C(c1csc2ccccc12)N1CCS(=O)(=O)C2COCCC21. The van der Waals surface area contributed by atoms with Crippen molar-refractivity contribution in [2.75, 3.05) is 25.5 Å². The number of thiophene rings is 1. The highest BCUT2D eigenvalue weighted by molar-refractivity contribution is 7.92. The van der Waals surface area contributed by atoms with Crippen LogP contribution in [0.2, 0.25) is 0 Å². The first-order chi connectivity index (χ1) is 11.1. The van der Waals surface area contributed by atoms with Crippen LogP contribution in [-0.4, -0.2) is 56.0 Å². The molecule has 0 aliphatic carbocycles. The Kier molecular flexibility index (Phi) is 3.66. The van der Waals surface area contributed by atoms with Gasteiger partial charge in [0.05, 0.1) is 24.0 Å². The molecule has 5 nitrogen and oxygen atoms in total. The number of amides is 1. The van der Waals surface area contributed by atoms with Crippen LogP contribution in [0.3, 0.4) is 0 Å². The zero-order valence-electron chi connectivity index (χ0n) is 12.5. The maximum Gasteiger partial charge on any atom is 0.255 e. The van der Waals surface area contributed by atoms with Crippen LogP contribution >= 0.6 is 11.3 Å². The van der Waals surface area contributed by atoms with Crippen LogP contribution in [0.5, 0.6) is 0 Å². The highest BCUT2D eigenvalue weighted by Crippen LogP contribution is 2.31. The van der Waals surface area contributed by atoms with Crippen LogP contribution in [0.4, 0.5) is 0 Å². The second kappa shape index (κ2) is 5.58. The predicted octanol–water partition coefficient (Wildman–Crippen LogP) is 1.93. The lowest BCUT2D eigenvalue weighted by Crippen LogP contribution is -2.60. The van der Waals surface area contributed by atoms with Crippen LogP contribution in [0, 0.1) is 0 Å². The number of nitrogens with zero attached hydrogens (tertiary/aromatic N) is 1. The third-order valence-corrected chi connectivity index (χ3v) is 7.81. The van der Waals surface area contributed by atoms with Crippen molar-refractivity contribution in [2.24, 2.45) is 0 Å². The summed E-state index contributed by atoms with van der Waals surface area (Å²) in [4.78, 5) is 14.8. The molecule has 23 heavy (non-hydrogen) atoms. The van der Waals surface area contributed by atoms with Crippen molar-refractivity contribution in [2.45, 2.75) is 17.7 Å². The summed E-state index contributed by atoms with van der Waals surface area (Å²) in [6, 6.07) is 7.54. The predicted molar refractivity (Wildman–Crippen MR) is 89.7 cm³/mol. The number of ether oxygens (including phenoxy) is 1. The number of benzene rings is 1. The molecule has 0 N–H and O–H groups in total. The molecule has 0 spiro atoms. The Morgan fingerprint density at radius 3 is 3.00 bits per heavy atom. The van der Waals surface area contributed by atoms with E-state index in [2.05, 4.69) is 0 Å². The molecule has 2 aromatic rings. The fourth-order valence-electron chi connectivity index (χ4n) is 3.49. The smallest absolute Gasteiger partial charge is 0.255 e. The minimum absolute atomic E-state index is 0.0192. The van der Waals surface area contributed by atoms with Crippen LogP contribution in [0.1, 0.15) is 16.8 Å². The van der Waals surface area contributed by atoms with Gasteiger partial charge in [0.2, 0.25) is 0 Å². The van der Waals surface area contributed by atoms with Crippen molar-refractivity contribution in [3.8, 4) is 0 Å². The minimum Gasteiger partial charge on any atom is -0.380 e. The first-order valence-electron chi connectivity index (χ1n) is 7.64. The van der Waals surface area contributed by atoms with E-state index in [1.807, 2.05) is 29.6 Å². The summed E-state index contributed by atoms with van der Waals surface area (Å²) in [5, 5.41) is 2.24. The Labute approximate surface area is 138 Å². The van der Waals surface area contributed by atoms with Crippen molar-refractivity contribution >= 4 is 37.2 Å². The van der Waals surface area contributed by atoms with E-state index < -0.39 is 15.1 Å². The number of carbonyl (C=O) groups is 1. The Balaban J connectivity index is 1.71. The minimum atomic E-state index is -3.18. The molecule has 1 aromatic carbocycles. The molecule has 2 saturated heterocycles. The molecule has 2 aliphatic heterocycles. The highest BCUT2D eigenvalue weighted by Gasteiger charge is 2.45. The largest absolute Gasteiger partial charge is 0.380 e. The summed E-state index contributed by atoms with van der Waals surface area (Å²) in [5.41, 5.74) is 0.676. The van der Waals surface area contributed by atoms with E-state index in [4.69, 9.17) is 4.74 Å². The van der Waals surface area contributed by atoms with E-state index >= 15 is 0 Å². The second-order valence-corrected chi connectivity index (χ2v) is 9.23. The number of hydrogen-bond acceptors (Lipinski definition) is 5. The topological polar surface area (TPSA) is 63.7 Å². The van der Waals surface area contributed by atoms with Gasteiger partial charge in [0.1, 0.15) is 5.25 Å². The molecule has 4 rings (SSSR count). The molecule has 2 fully saturated rings. The molecule has 7 heteroatoms. The van der Waals surface area contributed by atoms with Gasteiger partial charge in [0, 0.05) is 28.6 Å². The lowest BCUT2D eigenvalue weighted by molar-refractivity contribution is 0.0295. The molecular weight excluding hydrogens is 334 g/mol. The van der Waals surface area contributed by atoms with Crippen LogP contribution < -0.4 is 0 Å². The van der Waals surface area contributed by atoms with E-state index in [1.165, 1.54) is 0 Å². The third kappa shape index (κ3) is 2.47. The van der Waals surface area contributed by atoms with Crippen molar-refractivity contribution in [1.29, 1.82) is 0 Å². The molecule has 0 saturated carbocycles. The number of rotatable bonds is 1. The number of hydrogen-bond donors (Lipinski definition) is 0. The van der Waals surface area contributed by atoms with Crippen molar-refractivity contribution in [1.82, 2.24) is 4.90 Å². The fourth-order valence-corrected chi connectivity index (χ4v) is 6.25. The van der Waals surface area contributed by atoms with Gasteiger partial charge in [0.15, 0.2) is 9.84 Å². The lowest BCUT2D eigenvalue weighted by Gasteiger charge is -2.43. The zero-order chi connectivity index (χ0) is 16.0.